The molecule has 0 radical (unpaired) electrons. The van der Waals surface area contributed by atoms with Crippen LogP contribution in [0.2, 0.25) is 0 Å². The molecule has 17 heavy (non-hydrogen) atoms. The number of hydrogen-bond donors (Lipinski definition) is 0. The average Bonchev–Trinajstić information content (AvgIpc) is 2.94. The molecule has 0 N–H and O–H groups in total. The van der Waals surface area contributed by atoms with Gasteiger partial charge in [0.25, 0.3) is 11.8 Å². The summed E-state index contributed by atoms with van der Waals surface area (Å²) in [6.07, 6.45) is 4.64. The Bertz CT molecular complexity index is 445. The van der Waals surface area contributed by atoms with Gasteiger partial charge in [-0.25, -0.2) is 4.31 Å². The monoisotopic (exact) mass is 247 g/mol. The number of imide groups is 1. The lowest BCUT2D eigenvalue weighted by molar-refractivity contribution is 0.0776. The fourth-order valence-electron chi connectivity index (χ4n) is 2.41. The summed E-state index contributed by atoms with van der Waals surface area (Å²) >= 11 is 1.42. The molecule has 0 atom stereocenters. The Hall–Kier alpha value is -1.29. The molecule has 0 aromatic heterocycles. The quantitative estimate of drug-likeness (QED) is 0.595. The number of rotatable bonds is 2. The fraction of sp³-hybridized carbons (Fsp3) is 0.385. The van der Waals surface area contributed by atoms with Gasteiger partial charge in [-0.3, -0.25) is 9.59 Å². The van der Waals surface area contributed by atoms with E-state index in [9.17, 15) is 9.59 Å². The largest absolute Gasteiger partial charge is 0.271 e. The lowest BCUT2D eigenvalue weighted by Crippen LogP contribution is -2.24. The minimum Gasteiger partial charge on any atom is -0.268 e. The first kappa shape index (κ1) is 10.8. The minimum atomic E-state index is -0.150. The van der Waals surface area contributed by atoms with Gasteiger partial charge in [0.05, 0.1) is 11.1 Å². The molecule has 1 fully saturated rings. The van der Waals surface area contributed by atoms with E-state index in [1.807, 2.05) is 0 Å². The van der Waals surface area contributed by atoms with Crippen LogP contribution in [0.5, 0.6) is 0 Å². The van der Waals surface area contributed by atoms with Crippen molar-refractivity contribution in [2.24, 2.45) is 0 Å². The van der Waals surface area contributed by atoms with Crippen molar-refractivity contribution in [3.05, 3.63) is 35.4 Å². The van der Waals surface area contributed by atoms with Gasteiger partial charge in [-0.1, -0.05) is 25.0 Å². The summed E-state index contributed by atoms with van der Waals surface area (Å²) in [5.74, 6) is -0.301. The minimum absolute atomic E-state index is 0.150. The van der Waals surface area contributed by atoms with Crippen LogP contribution in [-0.2, 0) is 0 Å². The predicted octanol–water partition coefficient (Wildman–Crippen LogP) is 2.87. The van der Waals surface area contributed by atoms with Crippen LogP contribution in [0.3, 0.4) is 0 Å². The highest BCUT2D eigenvalue weighted by Gasteiger charge is 2.37. The van der Waals surface area contributed by atoms with E-state index in [0.717, 1.165) is 12.8 Å². The zero-order valence-electron chi connectivity index (χ0n) is 9.39. The molecule has 1 saturated carbocycles. The standard InChI is InChI=1S/C13H13NO2S/c15-12-10-7-3-4-8-11(10)13(16)14(12)17-9-5-1-2-6-9/h3-4,7-9H,1-2,5-6H2. The second-order valence-corrected chi connectivity index (χ2v) is 5.70. The van der Waals surface area contributed by atoms with Crippen LogP contribution in [0.4, 0.5) is 0 Å². The van der Waals surface area contributed by atoms with Crippen LogP contribution in [0.1, 0.15) is 46.4 Å². The van der Waals surface area contributed by atoms with Crippen molar-refractivity contribution in [1.82, 2.24) is 4.31 Å². The number of nitrogens with zero attached hydrogens (tertiary/aromatic N) is 1. The third-order valence-electron chi connectivity index (χ3n) is 3.31. The first-order valence-corrected chi connectivity index (χ1v) is 6.75. The van der Waals surface area contributed by atoms with Gasteiger partial charge in [-0.05, 0) is 36.9 Å². The lowest BCUT2D eigenvalue weighted by Gasteiger charge is -2.16. The molecule has 0 unspecified atom stereocenters. The normalized spacial score (nSPS) is 20.1. The molecule has 1 heterocycles. The third-order valence-corrected chi connectivity index (χ3v) is 4.63. The molecule has 2 amide bonds. The molecule has 1 aliphatic heterocycles. The van der Waals surface area contributed by atoms with Crippen LogP contribution in [-0.4, -0.2) is 21.4 Å². The summed E-state index contributed by atoms with van der Waals surface area (Å²) in [5, 5.41) is 0.428. The van der Waals surface area contributed by atoms with Gasteiger partial charge in [-0.15, -0.1) is 0 Å². The van der Waals surface area contributed by atoms with E-state index >= 15 is 0 Å². The number of carbonyl (C=O) groups excluding carboxylic acids is 2. The van der Waals surface area contributed by atoms with Crippen LogP contribution >= 0.6 is 11.9 Å². The topological polar surface area (TPSA) is 37.4 Å². The number of amides is 2. The highest BCUT2D eigenvalue weighted by atomic mass is 32.2. The van der Waals surface area contributed by atoms with E-state index in [2.05, 4.69) is 0 Å². The molecule has 3 rings (SSSR count). The summed E-state index contributed by atoms with van der Waals surface area (Å²) < 4.78 is 1.35. The predicted molar refractivity (Wildman–Crippen MR) is 66.8 cm³/mol. The van der Waals surface area contributed by atoms with E-state index < -0.39 is 0 Å². The number of carbonyl (C=O) groups is 2. The molecule has 0 spiro atoms. The summed E-state index contributed by atoms with van der Waals surface area (Å²) in [4.78, 5) is 24.2. The molecule has 0 saturated heterocycles. The summed E-state index contributed by atoms with van der Waals surface area (Å²) in [7, 11) is 0. The average molecular weight is 247 g/mol. The molecule has 1 aromatic carbocycles. The van der Waals surface area contributed by atoms with Gasteiger partial charge in [0.2, 0.25) is 0 Å². The van der Waals surface area contributed by atoms with Crippen molar-refractivity contribution in [3.63, 3.8) is 0 Å². The molecule has 1 aromatic rings. The van der Waals surface area contributed by atoms with Gasteiger partial charge in [0.15, 0.2) is 0 Å². The van der Waals surface area contributed by atoms with Gasteiger partial charge in [-0.2, -0.15) is 0 Å². The maximum absolute atomic E-state index is 12.1. The Kier molecular flexibility index (Phi) is 2.67. The first-order valence-electron chi connectivity index (χ1n) is 5.92. The van der Waals surface area contributed by atoms with Crippen LogP contribution in [0.15, 0.2) is 24.3 Å². The van der Waals surface area contributed by atoms with E-state index in [1.54, 1.807) is 24.3 Å². The van der Waals surface area contributed by atoms with Crippen molar-refractivity contribution < 1.29 is 9.59 Å². The fourth-order valence-corrected chi connectivity index (χ4v) is 3.64. The molecule has 2 aliphatic rings. The van der Waals surface area contributed by atoms with Gasteiger partial charge < -0.3 is 0 Å². The summed E-state index contributed by atoms with van der Waals surface area (Å²) in [6.45, 7) is 0. The van der Waals surface area contributed by atoms with Crippen LogP contribution < -0.4 is 0 Å². The lowest BCUT2D eigenvalue weighted by atomic mass is 10.1. The third kappa shape index (κ3) is 1.76. The maximum Gasteiger partial charge on any atom is 0.271 e. The Morgan fingerprint density at radius 2 is 1.53 bits per heavy atom. The zero-order chi connectivity index (χ0) is 11.8. The molecular formula is C13H13NO2S. The smallest absolute Gasteiger partial charge is 0.268 e. The van der Waals surface area contributed by atoms with Crippen LogP contribution in [0, 0.1) is 0 Å². The highest BCUT2D eigenvalue weighted by Crippen LogP contribution is 2.36. The maximum atomic E-state index is 12.1. The SMILES string of the molecule is O=C1c2ccccc2C(=O)N1SC1CCCC1. The van der Waals surface area contributed by atoms with Crippen molar-refractivity contribution in [2.45, 2.75) is 30.9 Å². The Morgan fingerprint density at radius 3 is 2.06 bits per heavy atom. The van der Waals surface area contributed by atoms with Crippen molar-refractivity contribution in [1.29, 1.82) is 0 Å². The number of fused-ring (bicyclic) bond motifs is 1. The second kappa shape index (κ2) is 4.18. The molecule has 0 bridgehead atoms. The van der Waals surface area contributed by atoms with Crippen molar-refractivity contribution in [2.75, 3.05) is 0 Å². The molecule has 88 valence electrons. The van der Waals surface area contributed by atoms with Crippen molar-refractivity contribution >= 4 is 23.8 Å². The van der Waals surface area contributed by atoms with Gasteiger partial charge in [0.1, 0.15) is 0 Å². The summed E-state index contributed by atoms with van der Waals surface area (Å²) in [6, 6.07) is 7.05. The first-order chi connectivity index (χ1) is 8.27. The molecule has 3 nitrogen and oxygen atoms in total. The molecule has 4 heteroatoms. The van der Waals surface area contributed by atoms with E-state index in [0.29, 0.717) is 16.4 Å². The van der Waals surface area contributed by atoms with Gasteiger partial charge >= 0.3 is 0 Å². The molecule has 1 aliphatic carbocycles. The van der Waals surface area contributed by atoms with Gasteiger partial charge in [0, 0.05) is 5.25 Å². The van der Waals surface area contributed by atoms with Crippen LogP contribution in [0.25, 0.3) is 0 Å². The highest BCUT2D eigenvalue weighted by molar-refractivity contribution is 7.98. The molecular weight excluding hydrogens is 234 g/mol. The zero-order valence-corrected chi connectivity index (χ0v) is 10.2. The second-order valence-electron chi connectivity index (χ2n) is 4.46. The summed E-state index contributed by atoms with van der Waals surface area (Å²) in [5.41, 5.74) is 1.09. The Labute approximate surface area is 104 Å². The number of benzene rings is 1. The van der Waals surface area contributed by atoms with Crippen molar-refractivity contribution in [3.8, 4) is 0 Å². The Balaban J connectivity index is 1.84. The van der Waals surface area contributed by atoms with E-state index in [1.165, 1.54) is 29.1 Å². The number of hydrogen-bond acceptors (Lipinski definition) is 3. The Morgan fingerprint density at radius 1 is 1.00 bits per heavy atom. The van der Waals surface area contributed by atoms with E-state index in [-0.39, 0.29) is 11.8 Å². The van der Waals surface area contributed by atoms with E-state index in [4.69, 9.17) is 0 Å².